The van der Waals surface area contributed by atoms with E-state index in [0.717, 1.165) is 12.0 Å². The number of amides is 3. The molecule has 0 bridgehead atoms. The van der Waals surface area contributed by atoms with Crippen LogP contribution < -0.4 is 10.9 Å². The van der Waals surface area contributed by atoms with E-state index in [4.69, 9.17) is 0 Å². The average Bonchev–Trinajstić information content (AvgIpc) is 3.21. The molecule has 1 unspecified atom stereocenters. The number of nitrogens with one attached hydrogen (secondary N) is 3. The Hall–Kier alpha value is -3.09. The van der Waals surface area contributed by atoms with Crippen LogP contribution in [0, 0.1) is 5.92 Å². The Balaban J connectivity index is 1.50. The van der Waals surface area contributed by atoms with Crippen LogP contribution >= 0.6 is 0 Å². The Morgan fingerprint density at radius 1 is 1.08 bits per heavy atom. The van der Waals surface area contributed by atoms with Crippen molar-refractivity contribution >= 4 is 17.7 Å². The molecule has 1 aliphatic heterocycles. The van der Waals surface area contributed by atoms with Gasteiger partial charge in [-0.25, -0.2) is 0 Å². The Bertz CT molecular complexity index is 758. The fourth-order valence-electron chi connectivity index (χ4n) is 3.06. The quantitative estimate of drug-likeness (QED) is 0.722. The lowest BCUT2D eigenvalue weighted by atomic mass is 9.97. The van der Waals surface area contributed by atoms with Gasteiger partial charge in [0.15, 0.2) is 0 Å². The number of benzene rings is 1. The Kier molecular flexibility index (Phi) is 5.68. The highest BCUT2D eigenvalue weighted by molar-refractivity contribution is 5.94. The molecule has 2 heterocycles. The molecular formula is C19H22N4O3. The third kappa shape index (κ3) is 4.50. The third-order valence-electron chi connectivity index (χ3n) is 4.48. The molecule has 7 nitrogen and oxygen atoms in total. The van der Waals surface area contributed by atoms with Crippen molar-refractivity contribution in [2.45, 2.75) is 19.3 Å². The van der Waals surface area contributed by atoms with Gasteiger partial charge in [-0.1, -0.05) is 30.3 Å². The SMILES string of the molecule is O=C(NNC(=O)C1CCCN(C(=O)Cc2ccccc2)C1)c1ccc[nH]1. The summed E-state index contributed by atoms with van der Waals surface area (Å²) in [6.45, 7) is 1.03. The summed E-state index contributed by atoms with van der Waals surface area (Å²) < 4.78 is 0. The zero-order chi connectivity index (χ0) is 18.4. The van der Waals surface area contributed by atoms with E-state index in [1.54, 1.807) is 23.2 Å². The number of likely N-dealkylation sites (tertiary alicyclic amines) is 1. The molecule has 3 N–H and O–H groups in total. The topological polar surface area (TPSA) is 94.3 Å². The summed E-state index contributed by atoms with van der Waals surface area (Å²) in [4.78, 5) is 41.1. The molecule has 0 spiro atoms. The zero-order valence-corrected chi connectivity index (χ0v) is 14.4. The van der Waals surface area contributed by atoms with E-state index in [0.29, 0.717) is 31.6 Å². The smallest absolute Gasteiger partial charge is 0.286 e. The van der Waals surface area contributed by atoms with E-state index in [-0.39, 0.29) is 17.7 Å². The van der Waals surface area contributed by atoms with Crippen LogP contribution in [0.1, 0.15) is 28.9 Å². The maximum Gasteiger partial charge on any atom is 0.286 e. The number of aromatic amines is 1. The van der Waals surface area contributed by atoms with Gasteiger partial charge < -0.3 is 9.88 Å². The van der Waals surface area contributed by atoms with Gasteiger partial charge in [-0.3, -0.25) is 25.2 Å². The number of hydrogen-bond donors (Lipinski definition) is 3. The lowest BCUT2D eigenvalue weighted by Crippen LogP contribution is -2.50. The number of rotatable bonds is 4. The number of H-pyrrole nitrogens is 1. The number of nitrogens with zero attached hydrogens (tertiary/aromatic N) is 1. The van der Waals surface area contributed by atoms with Crippen molar-refractivity contribution in [2.75, 3.05) is 13.1 Å². The fourth-order valence-corrected chi connectivity index (χ4v) is 3.06. The summed E-state index contributed by atoms with van der Waals surface area (Å²) >= 11 is 0. The van der Waals surface area contributed by atoms with Crippen LogP contribution in [0.15, 0.2) is 48.7 Å². The minimum atomic E-state index is -0.406. The van der Waals surface area contributed by atoms with Crippen molar-refractivity contribution in [3.8, 4) is 0 Å². The summed E-state index contributed by atoms with van der Waals surface area (Å²) in [5.74, 6) is -0.991. The monoisotopic (exact) mass is 354 g/mol. The van der Waals surface area contributed by atoms with E-state index >= 15 is 0 Å². The number of hydrogen-bond acceptors (Lipinski definition) is 3. The molecule has 136 valence electrons. The molecule has 26 heavy (non-hydrogen) atoms. The summed E-state index contributed by atoms with van der Waals surface area (Å²) in [5, 5.41) is 0. The van der Waals surface area contributed by atoms with Crippen LogP contribution in [0.3, 0.4) is 0 Å². The van der Waals surface area contributed by atoms with Crippen LogP contribution in [0.5, 0.6) is 0 Å². The third-order valence-corrected chi connectivity index (χ3v) is 4.48. The van der Waals surface area contributed by atoms with Crippen molar-refractivity contribution in [1.29, 1.82) is 0 Å². The Labute approximate surface area is 151 Å². The normalized spacial score (nSPS) is 16.8. The number of carbonyl (C=O) groups is 3. The molecule has 1 atom stereocenters. The number of aromatic nitrogens is 1. The summed E-state index contributed by atoms with van der Waals surface area (Å²) in [6, 6.07) is 12.9. The highest BCUT2D eigenvalue weighted by atomic mass is 16.2. The van der Waals surface area contributed by atoms with Crippen molar-refractivity contribution in [3.05, 3.63) is 59.9 Å². The van der Waals surface area contributed by atoms with Gasteiger partial charge in [0, 0.05) is 19.3 Å². The van der Waals surface area contributed by atoms with Crippen LogP contribution in [-0.4, -0.2) is 40.7 Å². The first-order valence-corrected chi connectivity index (χ1v) is 8.69. The standard InChI is InChI=1S/C19H22N4O3/c24-17(12-14-6-2-1-3-7-14)23-11-5-8-15(13-23)18(25)21-22-19(26)16-9-4-10-20-16/h1-4,6-7,9-10,15,20H,5,8,11-13H2,(H,21,25)(H,22,26). The molecule has 1 saturated heterocycles. The minimum Gasteiger partial charge on any atom is -0.357 e. The molecule has 2 aromatic rings. The van der Waals surface area contributed by atoms with Crippen LogP contribution in [-0.2, 0) is 16.0 Å². The molecule has 1 fully saturated rings. The predicted octanol–water partition coefficient (Wildman–Crippen LogP) is 1.26. The van der Waals surface area contributed by atoms with E-state index in [1.807, 2.05) is 30.3 Å². The van der Waals surface area contributed by atoms with E-state index < -0.39 is 5.91 Å². The molecule has 3 rings (SSSR count). The average molecular weight is 354 g/mol. The van der Waals surface area contributed by atoms with Gasteiger partial charge in [-0.2, -0.15) is 0 Å². The van der Waals surface area contributed by atoms with E-state index in [1.165, 1.54) is 0 Å². The molecule has 1 aliphatic rings. The highest BCUT2D eigenvalue weighted by Gasteiger charge is 2.28. The first kappa shape index (κ1) is 17.7. The van der Waals surface area contributed by atoms with Crippen molar-refractivity contribution < 1.29 is 14.4 Å². The van der Waals surface area contributed by atoms with E-state index in [2.05, 4.69) is 15.8 Å². The largest absolute Gasteiger partial charge is 0.357 e. The molecule has 1 aromatic carbocycles. The van der Waals surface area contributed by atoms with Crippen molar-refractivity contribution in [1.82, 2.24) is 20.7 Å². The summed E-state index contributed by atoms with van der Waals surface area (Å²) in [6.07, 6.45) is 3.43. The predicted molar refractivity (Wildman–Crippen MR) is 95.9 cm³/mol. The Morgan fingerprint density at radius 3 is 2.62 bits per heavy atom. The molecule has 0 saturated carbocycles. The van der Waals surface area contributed by atoms with Crippen LogP contribution in [0.2, 0.25) is 0 Å². The number of carbonyl (C=O) groups excluding carboxylic acids is 3. The van der Waals surface area contributed by atoms with Gasteiger partial charge in [-0.05, 0) is 30.5 Å². The first-order valence-electron chi connectivity index (χ1n) is 8.69. The van der Waals surface area contributed by atoms with Gasteiger partial charge >= 0.3 is 0 Å². The van der Waals surface area contributed by atoms with Gasteiger partial charge in [0.05, 0.1) is 12.3 Å². The number of piperidine rings is 1. The van der Waals surface area contributed by atoms with Crippen LogP contribution in [0.25, 0.3) is 0 Å². The maximum absolute atomic E-state index is 12.5. The van der Waals surface area contributed by atoms with Gasteiger partial charge in [0.2, 0.25) is 11.8 Å². The summed E-state index contributed by atoms with van der Waals surface area (Å²) in [5.41, 5.74) is 6.18. The van der Waals surface area contributed by atoms with Crippen LogP contribution in [0.4, 0.5) is 0 Å². The molecule has 3 amide bonds. The molecule has 0 radical (unpaired) electrons. The Morgan fingerprint density at radius 2 is 1.88 bits per heavy atom. The molecule has 1 aromatic heterocycles. The minimum absolute atomic E-state index is 0.0177. The maximum atomic E-state index is 12.5. The highest BCUT2D eigenvalue weighted by Crippen LogP contribution is 2.17. The second-order valence-corrected chi connectivity index (χ2v) is 6.37. The van der Waals surface area contributed by atoms with E-state index in [9.17, 15) is 14.4 Å². The zero-order valence-electron chi connectivity index (χ0n) is 14.4. The van der Waals surface area contributed by atoms with Crippen molar-refractivity contribution in [3.63, 3.8) is 0 Å². The summed E-state index contributed by atoms with van der Waals surface area (Å²) in [7, 11) is 0. The van der Waals surface area contributed by atoms with Gasteiger partial charge in [-0.15, -0.1) is 0 Å². The lowest BCUT2D eigenvalue weighted by molar-refractivity contribution is -0.135. The van der Waals surface area contributed by atoms with Gasteiger partial charge in [0.1, 0.15) is 5.69 Å². The molecular weight excluding hydrogens is 332 g/mol. The fraction of sp³-hybridized carbons (Fsp3) is 0.316. The first-order chi connectivity index (χ1) is 12.6. The van der Waals surface area contributed by atoms with Gasteiger partial charge in [0.25, 0.3) is 5.91 Å². The second kappa shape index (κ2) is 8.33. The lowest BCUT2D eigenvalue weighted by Gasteiger charge is -2.32. The molecule has 7 heteroatoms. The molecule has 0 aliphatic carbocycles. The van der Waals surface area contributed by atoms with Crippen molar-refractivity contribution in [2.24, 2.45) is 5.92 Å². The second-order valence-electron chi connectivity index (χ2n) is 6.37. The number of hydrazine groups is 1.